The van der Waals surface area contributed by atoms with Crippen molar-refractivity contribution in [2.75, 3.05) is 0 Å². The van der Waals surface area contributed by atoms with Crippen LogP contribution in [0, 0.1) is 10.1 Å². The van der Waals surface area contributed by atoms with Gasteiger partial charge in [-0.3, -0.25) is 10.1 Å². The van der Waals surface area contributed by atoms with Crippen LogP contribution in [0.25, 0.3) is 17.0 Å². The maximum Gasteiger partial charge on any atom is 0.280 e. The number of hydrogen-bond acceptors (Lipinski definition) is 5. The van der Waals surface area contributed by atoms with Crippen LogP contribution in [0.1, 0.15) is 12.8 Å². The van der Waals surface area contributed by atoms with Crippen molar-refractivity contribution in [2.24, 2.45) is 0 Å². The normalized spacial score (nSPS) is 10.2. The Kier molecular flexibility index (Phi) is 2.70. The molecular weight excluding hydrogens is 222 g/mol. The fourth-order valence-corrected chi connectivity index (χ4v) is 1.33. The van der Waals surface area contributed by atoms with Gasteiger partial charge in [-0.1, -0.05) is 23.9 Å². The number of nitrogens with zero attached hydrogens (tertiary/aromatic N) is 3. The largest absolute Gasteiger partial charge is 0.334 e. The van der Waals surface area contributed by atoms with E-state index in [0.717, 1.165) is 0 Å². The van der Waals surface area contributed by atoms with E-state index in [0.29, 0.717) is 11.1 Å². The first-order chi connectivity index (χ1) is 8.09. The molecule has 2 aromatic rings. The van der Waals surface area contributed by atoms with Crippen molar-refractivity contribution < 1.29 is 9.45 Å². The van der Waals surface area contributed by atoms with E-state index in [4.69, 9.17) is 4.52 Å². The molecule has 0 aliphatic carbocycles. The Morgan fingerprint density at radius 3 is 2.76 bits per heavy atom. The Bertz CT molecular complexity index is 589. The van der Waals surface area contributed by atoms with Gasteiger partial charge in [0, 0.05) is 11.6 Å². The molecule has 6 heteroatoms. The molecule has 0 radical (unpaired) electrons. The highest BCUT2D eigenvalue weighted by molar-refractivity contribution is 5.68. The summed E-state index contributed by atoms with van der Waals surface area (Å²) in [6, 6.07) is 6.23. The third-order valence-electron chi connectivity index (χ3n) is 2.13. The topological polar surface area (TPSA) is 82.1 Å². The molecule has 0 unspecified atom stereocenters. The van der Waals surface area contributed by atoms with Gasteiger partial charge in [0.15, 0.2) is 0 Å². The van der Waals surface area contributed by atoms with Crippen molar-refractivity contribution in [1.82, 2.24) is 10.1 Å². The molecule has 0 saturated carbocycles. The van der Waals surface area contributed by atoms with Crippen molar-refractivity contribution in [3.8, 4) is 11.4 Å². The van der Waals surface area contributed by atoms with Crippen LogP contribution in [0.15, 0.2) is 35.4 Å². The monoisotopic (exact) mass is 231 g/mol. The van der Waals surface area contributed by atoms with Crippen molar-refractivity contribution in [3.05, 3.63) is 46.8 Å². The molecular formula is C11H9N3O3. The van der Waals surface area contributed by atoms with Crippen LogP contribution in [-0.2, 0) is 0 Å². The SMILES string of the molecule is C=C(C)c1nc(-c2ccccc2[N+](=O)[O-])no1. The molecule has 0 N–H and O–H groups in total. The van der Waals surface area contributed by atoms with Crippen molar-refractivity contribution in [1.29, 1.82) is 0 Å². The Hall–Kier alpha value is -2.50. The summed E-state index contributed by atoms with van der Waals surface area (Å²) in [5.74, 6) is 0.466. The van der Waals surface area contributed by atoms with Crippen LogP contribution in [0.4, 0.5) is 5.69 Å². The lowest BCUT2D eigenvalue weighted by Gasteiger charge is -1.96. The van der Waals surface area contributed by atoms with Gasteiger partial charge in [-0.15, -0.1) is 0 Å². The van der Waals surface area contributed by atoms with Gasteiger partial charge in [-0.25, -0.2) is 0 Å². The zero-order valence-electron chi connectivity index (χ0n) is 9.08. The number of hydrogen-bond donors (Lipinski definition) is 0. The number of nitro benzene ring substituents is 1. The van der Waals surface area contributed by atoms with Gasteiger partial charge < -0.3 is 4.52 Å². The third kappa shape index (κ3) is 2.05. The molecule has 1 aromatic carbocycles. The minimum Gasteiger partial charge on any atom is -0.334 e. The molecule has 0 atom stereocenters. The molecule has 1 aromatic heterocycles. The van der Waals surface area contributed by atoms with Crippen LogP contribution in [0.3, 0.4) is 0 Å². The van der Waals surface area contributed by atoms with Crippen molar-refractivity contribution in [2.45, 2.75) is 6.92 Å². The van der Waals surface area contributed by atoms with E-state index in [-0.39, 0.29) is 17.4 Å². The third-order valence-corrected chi connectivity index (χ3v) is 2.13. The van der Waals surface area contributed by atoms with Crippen LogP contribution in [-0.4, -0.2) is 15.1 Å². The van der Waals surface area contributed by atoms with Gasteiger partial charge in [-0.2, -0.15) is 4.98 Å². The summed E-state index contributed by atoms with van der Waals surface area (Å²) in [4.78, 5) is 14.4. The van der Waals surface area contributed by atoms with E-state index in [1.807, 2.05) is 0 Å². The maximum atomic E-state index is 10.8. The Balaban J connectivity index is 2.52. The average molecular weight is 231 g/mol. The number of rotatable bonds is 3. The summed E-state index contributed by atoms with van der Waals surface area (Å²) in [5, 5.41) is 14.5. The molecule has 0 bridgehead atoms. The average Bonchev–Trinajstić information content (AvgIpc) is 2.78. The second-order valence-corrected chi connectivity index (χ2v) is 3.48. The minimum absolute atomic E-state index is 0.0541. The molecule has 0 saturated heterocycles. The van der Waals surface area contributed by atoms with E-state index < -0.39 is 4.92 Å². The summed E-state index contributed by atoms with van der Waals surface area (Å²) >= 11 is 0. The number of nitro groups is 1. The van der Waals surface area contributed by atoms with Crippen LogP contribution >= 0.6 is 0 Å². The minimum atomic E-state index is -0.480. The van der Waals surface area contributed by atoms with E-state index in [9.17, 15) is 10.1 Å². The predicted octanol–water partition coefficient (Wildman–Crippen LogP) is 2.68. The van der Waals surface area contributed by atoms with Gasteiger partial charge in [0.05, 0.1) is 4.92 Å². The summed E-state index contributed by atoms with van der Waals surface area (Å²) in [6.07, 6.45) is 0. The first-order valence-electron chi connectivity index (χ1n) is 4.83. The Morgan fingerprint density at radius 2 is 2.18 bits per heavy atom. The summed E-state index contributed by atoms with van der Waals surface area (Å²) in [7, 11) is 0. The van der Waals surface area contributed by atoms with Crippen molar-refractivity contribution in [3.63, 3.8) is 0 Å². The first-order valence-corrected chi connectivity index (χ1v) is 4.83. The van der Waals surface area contributed by atoms with Gasteiger partial charge in [0.2, 0.25) is 5.82 Å². The number of allylic oxidation sites excluding steroid dienone is 1. The molecule has 0 aliphatic rings. The number of benzene rings is 1. The molecule has 2 rings (SSSR count). The van der Waals surface area contributed by atoms with E-state index in [2.05, 4.69) is 16.7 Å². The fraction of sp³-hybridized carbons (Fsp3) is 0.0909. The summed E-state index contributed by atoms with van der Waals surface area (Å²) in [5.41, 5.74) is 0.887. The molecule has 6 nitrogen and oxygen atoms in total. The van der Waals surface area contributed by atoms with Gasteiger partial charge >= 0.3 is 0 Å². The van der Waals surface area contributed by atoms with Gasteiger partial charge in [0.25, 0.3) is 11.6 Å². The smallest absolute Gasteiger partial charge is 0.280 e. The maximum absolute atomic E-state index is 10.8. The van der Waals surface area contributed by atoms with Gasteiger partial charge in [0.1, 0.15) is 5.56 Å². The van der Waals surface area contributed by atoms with Crippen LogP contribution in [0.5, 0.6) is 0 Å². The molecule has 1 heterocycles. The van der Waals surface area contributed by atoms with Crippen LogP contribution < -0.4 is 0 Å². The highest BCUT2D eigenvalue weighted by atomic mass is 16.6. The Morgan fingerprint density at radius 1 is 1.47 bits per heavy atom. The second-order valence-electron chi connectivity index (χ2n) is 3.48. The van der Waals surface area contributed by atoms with Gasteiger partial charge in [-0.05, 0) is 13.0 Å². The standard InChI is InChI=1S/C11H9N3O3/c1-7(2)11-12-10(13-17-11)8-5-3-4-6-9(8)14(15)16/h3-6H,1H2,2H3. The highest BCUT2D eigenvalue weighted by Crippen LogP contribution is 2.27. The Labute approximate surface area is 96.7 Å². The fourth-order valence-electron chi connectivity index (χ4n) is 1.33. The second kappa shape index (κ2) is 4.17. The quantitative estimate of drug-likeness (QED) is 0.599. The molecule has 86 valence electrons. The summed E-state index contributed by atoms with van der Waals surface area (Å²) in [6.45, 7) is 5.38. The highest BCUT2D eigenvalue weighted by Gasteiger charge is 2.19. The number of aromatic nitrogens is 2. The lowest BCUT2D eigenvalue weighted by Crippen LogP contribution is -1.92. The summed E-state index contributed by atoms with van der Waals surface area (Å²) < 4.78 is 4.93. The lowest BCUT2D eigenvalue weighted by molar-refractivity contribution is -0.384. The van der Waals surface area contributed by atoms with E-state index >= 15 is 0 Å². The van der Waals surface area contributed by atoms with E-state index in [1.165, 1.54) is 6.07 Å². The van der Waals surface area contributed by atoms with Crippen molar-refractivity contribution >= 4 is 11.3 Å². The first kappa shape index (κ1) is 11.0. The molecule has 17 heavy (non-hydrogen) atoms. The number of para-hydroxylation sites is 1. The molecule has 0 aliphatic heterocycles. The lowest BCUT2D eigenvalue weighted by atomic mass is 10.2. The van der Waals surface area contributed by atoms with Crippen LogP contribution in [0.2, 0.25) is 0 Å². The molecule has 0 spiro atoms. The molecule has 0 amide bonds. The van der Waals surface area contributed by atoms with E-state index in [1.54, 1.807) is 25.1 Å². The molecule has 0 fully saturated rings. The zero-order chi connectivity index (χ0) is 12.4. The zero-order valence-corrected chi connectivity index (χ0v) is 9.08. The predicted molar refractivity (Wildman–Crippen MR) is 61.1 cm³/mol.